The molecule has 0 bridgehead atoms. The van der Waals surface area contributed by atoms with Crippen molar-refractivity contribution in [1.82, 2.24) is 0 Å². The van der Waals surface area contributed by atoms with E-state index < -0.39 is 15.8 Å². The van der Waals surface area contributed by atoms with Gasteiger partial charge in [-0.05, 0) is 37.1 Å². The number of nitrogens with one attached hydrogen (secondary N) is 1. The number of rotatable bonds is 4. The highest BCUT2D eigenvalue weighted by molar-refractivity contribution is 7.92. The number of benzene rings is 2. The lowest BCUT2D eigenvalue weighted by molar-refractivity contribution is 0.591. The van der Waals surface area contributed by atoms with Gasteiger partial charge in [0.2, 0.25) is 0 Å². The molecular weight excluding hydrogens is 291 g/mol. The van der Waals surface area contributed by atoms with Crippen LogP contribution in [-0.2, 0) is 16.4 Å². The van der Waals surface area contributed by atoms with Gasteiger partial charge in [0.05, 0.1) is 10.6 Å². The Morgan fingerprint density at radius 1 is 1.24 bits per heavy atom. The first-order valence-corrected chi connectivity index (χ1v) is 8.00. The molecule has 21 heavy (non-hydrogen) atoms. The number of anilines is 2. The van der Waals surface area contributed by atoms with Crippen LogP contribution in [0.5, 0.6) is 0 Å². The van der Waals surface area contributed by atoms with Gasteiger partial charge in [-0.25, -0.2) is 12.8 Å². The van der Waals surface area contributed by atoms with E-state index in [0.717, 1.165) is 11.6 Å². The topological polar surface area (TPSA) is 72.2 Å². The third kappa shape index (κ3) is 3.16. The van der Waals surface area contributed by atoms with E-state index in [-0.39, 0.29) is 16.1 Å². The van der Waals surface area contributed by atoms with E-state index >= 15 is 0 Å². The van der Waals surface area contributed by atoms with E-state index in [4.69, 9.17) is 5.73 Å². The largest absolute Gasteiger partial charge is 0.399 e. The van der Waals surface area contributed by atoms with Gasteiger partial charge < -0.3 is 5.73 Å². The first-order valence-electron chi connectivity index (χ1n) is 6.51. The summed E-state index contributed by atoms with van der Waals surface area (Å²) < 4.78 is 41.1. The normalized spacial score (nSPS) is 11.4. The van der Waals surface area contributed by atoms with Gasteiger partial charge in [-0.1, -0.05) is 25.1 Å². The van der Waals surface area contributed by atoms with E-state index in [1.807, 2.05) is 19.1 Å². The van der Waals surface area contributed by atoms with Crippen molar-refractivity contribution in [1.29, 1.82) is 0 Å². The molecule has 2 aromatic rings. The van der Waals surface area contributed by atoms with Crippen molar-refractivity contribution in [2.24, 2.45) is 0 Å². The van der Waals surface area contributed by atoms with Crippen molar-refractivity contribution < 1.29 is 12.8 Å². The van der Waals surface area contributed by atoms with Crippen LogP contribution in [0.2, 0.25) is 0 Å². The van der Waals surface area contributed by atoms with Crippen LogP contribution in [0.3, 0.4) is 0 Å². The third-order valence-corrected chi connectivity index (χ3v) is 4.74. The quantitative estimate of drug-likeness (QED) is 0.853. The van der Waals surface area contributed by atoms with Crippen LogP contribution in [0, 0.1) is 12.7 Å². The predicted octanol–water partition coefficient (Wildman–Crippen LogP) is 3.08. The maximum atomic E-state index is 13.7. The van der Waals surface area contributed by atoms with E-state index in [9.17, 15) is 12.8 Å². The maximum absolute atomic E-state index is 13.7. The zero-order valence-corrected chi connectivity index (χ0v) is 12.7. The molecule has 2 rings (SSSR count). The zero-order chi connectivity index (χ0) is 15.6. The number of nitrogen functional groups attached to an aromatic ring is 1. The first-order chi connectivity index (χ1) is 9.85. The number of hydrogen-bond donors (Lipinski definition) is 2. The van der Waals surface area contributed by atoms with Crippen molar-refractivity contribution in [3.8, 4) is 0 Å². The first kappa shape index (κ1) is 15.3. The van der Waals surface area contributed by atoms with Gasteiger partial charge in [-0.3, -0.25) is 4.72 Å². The lowest BCUT2D eigenvalue weighted by Gasteiger charge is -2.14. The Balaban J connectivity index is 2.49. The summed E-state index contributed by atoms with van der Waals surface area (Å²) in [4.78, 5) is -0.147. The monoisotopic (exact) mass is 308 g/mol. The Morgan fingerprint density at radius 2 is 1.90 bits per heavy atom. The third-order valence-electron chi connectivity index (χ3n) is 3.25. The van der Waals surface area contributed by atoms with Gasteiger partial charge in [0.15, 0.2) is 0 Å². The molecule has 0 atom stereocenters. The second-order valence-corrected chi connectivity index (χ2v) is 6.39. The molecule has 6 heteroatoms. The highest BCUT2D eigenvalue weighted by atomic mass is 32.2. The van der Waals surface area contributed by atoms with Crippen molar-refractivity contribution in [3.63, 3.8) is 0 Å². The van der Waals surface area contributed by atoms with Gasteiger partial charge in [-0.15, -0.1) is 0 Å². The summed E-state index contributed by atoms with van der Waals surface area (Å²) in [5.41, 5.74) is 7.01. The summed E-state index contributed by atoms with van der Waals surface area (Å²) in [5.74, 6) is -0.640. The smallest absolute Gasteiger partial charge is 0.262 e. The van der Waals surface area contributed by atoms with Crippen molar-refractivity contribution in [3.05, 3.63) is 53.3 Å². The van der Waals surface area contributed by atoms with E-state index in [2.05, 4.69) is 4.72 Å². The molecule has 4 nitrogen and oxygen atoms in total. The molecule has 0 amide bonds. The summed E-state index contributed by atoms with van der Waals surface area (Å²) >= 11 is 0. The molecule has 112 valence electrons. The van der Waals surface area contributed by atoms with Crippen molar-refractivity contribution in [2.45, 2.75) is 25.2 Å². The number of nitrogens with two attached hydrogens (primary N) is 1. The Bertz CT molecular complexity index is 773. The molecule has 0 saturated heterocycles. The molecule has 2 aromatic carbocycles. The molecule has 0 spiro atoms. The average Bonchev–Trinajstić information content (AvgIpc) is 2.43. The fourth-order valence-electron chi connectivity index (χ4n) is 2.08. The minimum Gasteiger partial charge on any atom is -0.399 e. The number of sulfonamides is 1. The van der Waals surface area contributed by atoms with Gasteiger partial charge in [-0.2, -0.15) is 0 Å². The second-order valence-electron chi connectivity index (χ2n) is 4.74. The molecule has 0 heterocycles. The van der Waals surface area contributed by atoms with Gasteiger partial charge in [0, 0.05) is 11.3 Å². The molecular formula is C15H17FN2O2S. The van der Waals surface area contributed by atoms with Crippen LogP contribution in [0.15, 0.2) is 41.3 Å². The number of aryl methyl sites for hydroxylation is 1. The van der Waals surface area contributed by atoms with E-state index in [1.54, 1.807) is 12.1 Å². The summed E-state index contributed by atoms with van der Waals surface area (Å²) in [6.07, 6.45) is 0.683. The van der Waals surface area contributed by atoms with Crippen molar-refractivity contribution >= 4 is 21.4 Å². The van der Waals surface area contributed by atoms with E-state index in [0.29, 0.717) is 12.1 Å². The molecule has 0 radical (unpaired) electrons. The Morgan fingerprint density at radius 3 is 2.57 bits per heavy atom. The average molecular weight is 308 g/mol. The maximum Gasteiger partial charge on any atom is 0.262 e. The summed E-state index contributed by atoms with van der Waals surface area (Å²) in [6.45, 7) is 3.34. The lowest BCUT2D eigenvalue weighted by Crippen LogP contribution is -2.16. The van der Waals surface area contributed by atoms with Crippen LogP contribution >= 0.6 is 0 Å². The fourth-order valence-corrected chi connectivity index (χ4v) is 3.47. The van der Waals surface area contributed by atoms with Crippen LogP contribution in [0.4, 0.5) is 15.8 Å². The highest BCUT2D eigenvalue weighted by Crippen LogP contribution is 2.25. The number of hydrogen-bond acceptors (Lipinski definition) is 3. The summed E-state index contributed by atoms with van der Waals surface area (Å²) in [7, 11) is -3.89. The number of para-hydroxylation sites is 1. The van der Waals surface area contributed by atoms with Crippen LogP contribution in [0.1, 0.15) is 18.1 Å². The molecule has 0 aliphatic heterocycles. The van der Waals surface area contributed by atoms with Gasteiger partial charge >= 0.3 is 0 Å². The highest BCUT2D eigenvalue weighted by Gasteiger charge is 2.20. The Labute approximate surface area is 123 Å². The lowest BCUT2D eigenvalue weighted by atomic mass is 10.1. The molecule has 0 saturated carbocycles. The van der Waals surface area contributed by atoms with Gasteiger partial charge in [0.25, 0.3) is 10.0 Å². The zero-order valence-electron chi connectivity index (χ0n) is 11.9. The SMILES string of the molecule is CCc1ccccc1NS(=O)(=O)c1cc(N)cc(F)c1C. The second kappa shape index (κ2) is 5.73. The summed E-state index contributed by atoms with van der Waals surface area (Å²) in [6, 6.07) is 9.45. The van der Waals surface area contributed by atoms with Gasteiger partial charge in [0.1, 0.15) is 5.82 Å². The number of halogens is 1. The predicted molar refractivity (Wildman–Crippen MR) is 82.2 cm³/mol. The summed E-state index contributed by atoms with van der Waals surface area (Å²) in [5, 5.41) is 0. The molecule has 0 unspecified atom stereocenters. The Hall–Kier alpha value is -2.08. The van der Waals surface area contributed by atoms with Crippen LogP contribution in [0.25, 0.3) is 0 Å². The molecule has 0 aliphatic carbocycles. The van der Waals surface area contributed by atoms with Crippen molar-refractivity contribution in [2.75, 3.05) is 10.5 Å². The molecule has 0 fully saturated rings. The fraction of sp³-hybridized carbons (Fsp3) is 0.200. The van der Waals surface area contributed by atoms with Crippen LogP contribution in [-0.4, -0.2) is 8.42 Å². The molecule has 3 N–H and O–H groups in total. The standard InChI is InChI=1S/C15H17FN2O2S/c1-3-11-6-4-5-7-14(11)18-21(19,20)15-9-12(17)8-13(16)10(15)2/h4-9,18H,3,17H2,1-2H3. The minimum atomic E-state index is -3.89. The Kier molecular flexibility index (Phi) is 4.18. The minimum absolute atomic E-state index is 0.0469. The van der Waals surface area contributed by atoms with Crippen LogP contribution < -0.4 is 10.5 Å². The molecule has 0 aliphatic rings. The van der Waals surface area contributed by atoms with E-state index in [1.165, 1.54) is 13.0 Å². The molecule has 0 aromatic heterocycles.